The number of hydrogen-bond acceptors (Lipinski definition) is 13. The average molecular weight is 869 g/mol. The highest BCUT2D eigenvalue weighted by molar-refractivity contribution is 8.00. The first-order chi connectivity index (χ1) is 29.8. The van der Waals surface area contributed by atoms with Crippen molar-refractivity contribution in [2.24, 2.45) is 5.16 Å². The summed E-state index contributed by atoms with van der Waals surface area (Å²) in [5, 5.41) is 12.3. The monoisotopic (exact) mass is 868 g/mol. The molecule has 12 nitrogen and oxygen atoms in total. The van der Waals surface area contributed by atoms with Crippen LogP contribution < -0.4 is 15.4 Å². The third kappa shape index (κ3) is 8.44. The lowest BCUT2D eigenvalue weighted by atomic mass is 9.77. The molecule has 4 heterocycles. The van der Waals surface area contributed by atoms with E-state index >= 15 is 0 Å². The minimum atomic E-state index is -0.962. The fraction of sp³-hybridized carbons (Fsp3) is 0.174. The minimum absolute atomic E-state index is 0.0121. The van der Waals surface area contributed by atoms with E-state index in [4.69, 9.17) is 19.3 Å². The van der Waals surface area contributed by atoms with Gasteiger partial charge >= 0.3 is 5.97 Å². The predicted octanol–water partition coefficient (Wildman–Crippen LogP) is 7.78. The van der Waals surface area contributed by atoms with Gasteiger partial charge in [-0.05, 0) is 53.0 Å². The molecule has 308 valence electrons. The summed E-state index contributed by atoms with van der Waals surface area (Å²) in [5.41, 5.74) is 6.36. The van der Waals surface area contributed by atoms with Crippen LogP contribution in [0.2, 0.25) is 0 Å². The molecule has 2 atom stereocenters. The molecular weight excluding hydrogens is 829 g/mol. The topological polar surface area (TPSA) is 144 Å². The number of oxime groups is 1. The van der Waals surface area contributed by atoms with Crippen molar-refractivity contribution in [2.45, 2.75) is 30.5 Å². The number of β-lactam (4-membered cyclic amide) rings is 1. The van der Waals surface area contributed by atoms with Crippen LogP contribution in [-0.2, 0) is 36.1 Å². The van der Waals surface area contributed by atoms with Crippen molar-refractivity contribution in [1.29, 1.82) is 0 Å². The van der Waals surface area contributed by atoms with Crippen LogP contribution in [-0.4, -0.2) is 69.8 Å². The lowest BCUT2D eigenvalue weighted by Crippen LogP contribution is -2.71. The molecule has 2 amide bonds. The van der Waals surface area contributed by atoms with Crippen molar-refractivity contribution in [3.8, 4) is 5.75 Å². The van der Waals surface area contributed by atoms with Gasteiger partial charge in [-0.15, -0.1) is 34.4 Å². The average Bonchev–Trinajstić information content (AvgIpc) is 3.96. The van der Waals surface area contributed by atoms with Crippen molar-refractivity contribution in [1.82, 2.24) is 20.2 Å². The molecule has 2 N–H and O–H groups in total. The van der Waals surface area contributed by atoms with E-state index in [1.807, 2.05) is 73.7 Å². The van der Waals surface area contributed by atoms with Gasteiger partial charge in [-0.3, -0.25) is 14.5 Å². The van der Waals surface area contributed by atoms with Gasteiger partial charge in [-0.25, -0.2) is 14.8 Å². The molecule has 6 aromatic rings. The van der Waals surface area contributed by atoms with E-state index in [-0.39, 0.29) is 23.7 Å². The number of nitrogens with zero attached hydrogens (tertiary/aromatic N) is 4. The number of anilines is 1. The second-order valence-electron chi connectivity index (χ2n) is 13.9. The molecule has 2 aromatic heterocycles. The Hall–Kier alpha value is -6.55. The van der Waals surface area contributed by atoms with Crippen LogP contribution in [0.1, 0.15) is 38.5 Å². The third-order valence-electron chi connectivity index (χ3n) is 10.3. The van der Waals surface area contributed by atoms with Gasteiger partial charge in [0.15, 0.2) is 10.8 Å². The summed E-state index contributed by atoms with van der Waals surface area (Å²) in [6.45, 7) is 1.89. The van der Waals surface area contributed by atoms with Gasteiger partial charge in [0.05, 0.1) is 18.3 Å². The highest BCUT2D eigenvalue weighted by Gasteiger charge is 2.54. The van der Waals surface area contributed by atoms with Crippen LogP contribution in [0.4, 0.5) is 5.13 Å². The number of rotatable bonds is 15. The number of aromatic nitrogens is 2. The second kappa shape index (κ2) is 18.4. The summed E-state index contributed by atoms with van der Waals surface area (Å²) < 4.78 is 11.0. The molecule has 1 unspecified atom stereocenters. The van der Waals surface area contributed by atoms with E-state index in [1.54, 1.807) is 42.3 Å². The molecule has 2 aliphatic heterocycles. The molecule has 1 fully saturated rings. The maximum atomic E-state index is 14.1. The summed E-state index contributed by atoms with van der Waals surface area (Å²) in [4.78, 5) is 58.6. The Kier molecular flexibility index (Phi) is 12.4. The molecule has 61 heavy (non-hydrogen) atoms. The molecule has 0 bridgehead atoms. The standard InChI is InChI=1S/C46H40N6O6S3/c1-29-37(61-28-47-29)24-21-31-26-59-43-39(42(54)52(43)40(31)44(55)58-25-30-19-22-35(56-2)23-20-30)49-41(53)38(51-57-3)36-27-60-45(48-36)50-46(32-13-7-4-8-14-32,33-15-9-5-10-16-33)34-17-11-6-12-18-34/h4-24,27-28,39,43H,25-26H2,1-3H3,(H,48,50)(H,49,53)/t39?,43-/m1/s1. The number of allylic oxidation sites excluding steroid dienone is 1. The molecule has 2 aliphatic rings. The fourth-order valence-electron chi connectivity index (χ4n) is 7.23. The van der Waals surface area contributed by atoms with Crippen molar-refractivity contribution in [2.75, 3.05) is 25.3 Å². The number of esters is 1. The van der Waals surface area contributed by atoms with E-state index in [2.05, 4.69) is 57.2 Å². The van der Waals surface area contributed by atoms with Crippen molar-refractivity contribution in [3.63, 3.8) is 0 Å². The van der Waals surface area contributed by atoms with E-state index in [1.165, 1.54) is 46.4 Å². The number of hydrogen-bond donors (Lipinski definition) is 2. The summed E-state index contributed by atoms with van der Waals surface area (Å²) in [7, 11) is 2.92. The number of methoxy groups -OCH3 is 1. The number of fused-ring (bicyclic) bond motifs is 1. The number of thiazole rings is 2. The Morgan fingerprint density at radius 3 is 2.10 bits per heavy atom. The normalized spacial score (nSPS) is 16.5. The van der Waals surface area contributed by atoms with Gasteiger partial charge in [0, 0.05) is 16.0 Å². The SMILES string of the molecule is CON=C(C(=O)NC1C(=O)N2C(C(=O)OCc3ccc(OC)cc3)=C(C=Cc3scnc3C)CS[C@H]12)c1csc(NC(c2ccccc2)(c2ccccc2)c2ccccc2)n1. The first kappa shape index (κ1) is 41.2. The molecule has 0 radical (unpaired) electrons. The number of thioether (sulfide) groups is 1. The van der Waals surface area contributed by atoms with Crippen LogP contribution in [0.15, 0.2) is 149 Å². The van der Waals surface area contributed by atoms with Crippen LogP contribution in [0, 0.1) is 6.92 Å². The van der Waals surface area contributed by atoms with Crippen LogP contribution >= 0.6 is 34.4 Å². The van der Waals surface area contributed by atoms with Gasteiger partial charge in [0.2, 0.25) is 0 Å². The number of amides is 2. The molecule has 0 saturated carbocycles. The molecular formula is C46H40N6O6S3. The highest BCUT2D eigenvalue weighted by Crippen LogP contribution is 2.43. The zero-order valence-corrected chi connectivity index (χ0v) is 35.8. The first-order valence-corrected chi connectivity index (χ1v) is 22.0. The zero-order valence-electron chi connectivity index (χ0n) is 33.3. The molecule has 1 saturated heterocycles. The molecule has 8 rings (SSSR count). The van der Waals surface area contributed by atoms with Gasteiger partial charge in [0.1, 0.15) is 47.8 Å². The summed E-state index contributed by atoms with van der Waals surface area (Å²) in [5.74, 6) is -0.707. The van der Waals surface area contributed by atoms with Gasteiger partial charge in [0.25, 0.3) is 11.8 Å². The van der Waals surface area contributed by atoms with E-state index < -0.39 is 34.7 Å². The summed E-state index contributed by atoms with van der Waals surface area (Å²) >= 11 is 4.22. The molecule has 0 spiro atoms. The largest absolute Gasteiger partial charge is 0.497 e. The van der Waals surface area contributed by atoms with Crippen LogP contribution in [0.5, 0.6) is 5.75 Å². The van der Waals surface area contributed by atoms with Crippen LogP contribution in [0.25, 0.3) is 6.08 Å². The van der Waals surface area contributed by atoms with Crippen molar-refractivity contribution in [3.05, 3.63) is 182 Å². The maximum absolute atomic E-state index is 14.1. The number of benzene rings is 4. The Morgan fingerprint density at radius 2 is 1.52 bits per heavy atom. The van der Waals surface area contributed by atoms with Gasteiger partial charge < -0.3 is 24.9 Å². The molecule has 0 aliphatic carbocycles. The highest BCUT2D eigenvalue weighted by atomic mass is 32.2. The number of ether oxygens (including phenoxy) is 2. The van der Waals surface area contributed by atoms with Crippen LogP contribution in [0.3, 0.4) is 0 Å². The zero-order chi connectivity index (χ0) is 42.3. The van der Waals surface area contributed by atoms with Gasteiger partial charge in [-0.1, -0.05) is 114 Å². The molecule has 15 heteroatoms. The second-order valence-corrected chi connectivity index (χ2v) is 16.8. The number of carbonyl (C=O) groups excluding carboxylic acids is 3. The Bertz CT molecular complexity index is 2520. The van der Waals surface area contributed by atoms with E-state index in [9.17, 15) is 14.4 Å². The number of aryl methyl sites for hydroxylation is 1. The maximum Gasteiger partial charge on any atom is 0.355 e. The number of nitrogens with one attached hydrogen (secondary N) is 2. The predicted molar refractivity (Wildman–Crippen MR) is 239 cm³/mol. The van der Waals surface area contributed by atoms with E-state index in [0.717, 1.165) is 32.8 Å². The summed E-state index contributed by atoms with van der Waals surface area (Å²) in [6.07, 6.45) is 3.71. The number of carbonyl (C=O) groups is 3. The van der Waals surface area contributed by atoms with E-state index in [0.29, 0.717) is 22.2 Å². The van der Waals surface area contributed by atoms with Crippen molar-refractivity contribution >= 4 is 69.1 Å². The van der Waals surface area contributed by atoms with Crippen molar-refractivity contribution < 1.29 is 28.7 Å². The lowest BCUT2D eigenvalue weighted by Gasteiger charge is -2.49. The smallest absolute Gasteiger partial charge is 0.355 e. The Balaban J connectivity index is 1.04. The third-order valence-corrected chi connectivity index (χ3v) is 13.2. The Labute approximate surface area is 365 Å². The Morgan fingerprint density at radius 1 is 0.885 bits per heavy atom. The van der Waals surface area contributed by atoms with Gasteiger partial charge in [-0.2, -0.15) is 0 Å². The quantitative estimate of drug-likeness (QED) is 0.0345. The molecule has 4 aromatic carbocycles. The fourth-order valence-corrected chi connectivity index (χ4v) is 10.00. The summed E-state index contributed by atoms with van der Waals surface area (Å²) in [6, 6.07) is 36.5. The lowest BCUT2D eigenvalue weighted by molar-refractivity contribution is -0.153. The first-order valence-electron chi connectivity index (χ1n) is 19.2. The minimum Gasteiger partial charge on any atom is -0.497 e.